The van der Waals surface area contributed by atoms with E-state index in [0.717, 1.165) is 44.1 Å². The van der Waals surface area contributed by atoms with Crippen molar-refractivity contribution >= 4 is 5.82 Å². The van der Waals surface area contributed by atoms with Crippen LogP contribution in [0.2, 0.25) is 0 Å². The maximum Gasteiger partial charge on any atom is 0.271 e. The summed E-state index contributed by atoms with van der Waals surface area (Å²) >= 11 is 0. The lowest BCUT2D eigenvalue weighted by molar-refractivity contribution is 0.723. The summed E-state index contributed by atoms with van der Waals surface area (Å²) in [6, 6.07) is 12.9. The molecule has 0 atom stereocenters. The van der Waals surface area contributed by atoms with Gasteiger partial charge in [0.25, 0.3) is 5.56 Å². The standard InChI is InChI=1S/C15H18N4O/c20-15-8-7-14(18-11-4-9-16-10-12-18)17-19(15)13-5-2-1-3-6-13/h1-3,5-8,16H,4,9-12H2. The monoisotopic (exact) mass is 270 g/mol. The minimum atomic E-state index is -0.104. The van der Waals surface area contributed by atoms with E-state index in [1.807, 2.05) is 36.4 Å². The highest BCUT2D eigenvalue weighted by molar-refractivity contribution is 5.39. The van der Waals surface area contributed by atoms with Gasteiger partial charge in [0, 0.05) is 25.7 Å². The predicted molar refractivity (Wildman–Crippen MR) is 79.5 cm³/mol. The lowest BCUT2D eigenvalue weighted by Crippen LogP contribution is -2.31. The molecule has 1 N–H and O–H groups in total. The second-order valence-corrected chi connectivity index (χ2v) is 4.87. The van der Waals surface area contributed by atoms with Crippen LogP contribution in [0.1, 0.15) is 6.42 Å². The molecule has 2 heterocycles. The Morgan fingerprint density at radius 2 is 1.85 bits per heavy atom. The van der Waals surface area contributed by atoms with Crippen molar-refractivity contribution in [2.75, 3.05) is 31.1 Å². The van der Waals surface area contributed by atoms with Crippen molar-refractivity contribution in [3.05, 3.63) is 52.8 Å². The van der Waals surface area contributed by atoms with Crippen molar-refractivity contribution in [3.63, 3.8) is 0 Å². The molecule has 1 aliphatic rings. The average molecular weight is 270 g/mol. The van der Waals surface area contributed by atoms with Crippen LogP contribution in [0.25, 0.3) is 5.69 Å². The minimum absolute atomic E-state index is 0.104. The van der Waals surface area contributed by atoms with E-state index in [4.69, 9.17) is 0 Å². The first-order valence-corrected chi connectivity index (χ1v) is 6.96. The van der Waals surface area contributed by atoms with Crippen LogP contribution in [-0.4, -0.2) is 36.0 Å². The molecular formula is C15H18N4O. The zero-order valence-electron chi connectivity index (χ0n) is 11.3. The molecule has 5 heteroatoms. The Kier molecular flexibility index (Phi) is 3.78. The zero-order chi connectivity index (χ0) is 13.8. The number of nitrogens with zero attached hydrogens (tertiary/aromatic N) is 3. The van der Waals surface area contributed by atoms with Crippen LogP contribution < -0.4 is 15.8 Å². The van der Waals surface area contributed by atoms with E-state index in [1.165, 1.54) is 4.68 Å². The Morgan fingerprint density at radius 1 is 1.00 bits per heavy atom. The molecule has 0 unspecified atom stereocenters. The summed E-state index contributed by atoms with van der Waals surface area (Å²) < 4.78 is 1.47. The van der Waals surface area contributed by atoms with E-state index in [1.54, 1.807) is 6.07 Å². The highest BCUT2D eigenvalue weighted by Crippen LogP contribution is 2.11. The van der Waals surface area contributed by atoms with Gasteiger partial charge in [0.2, 0.25) is 0 Å². The number of hydrogen-bond acceptors (Lipinski definition) is 4. The quantitative estimate of drug-likeness (QED) is 0.885. The average Bonchev–Trinajstić information content (AvgIpc) is 2.78. The first-order valence-electron chi connectivity index (χ1n) is 6.96. The second-order valence-electron chi connectivity index (χ2n) is 4.87. The van der Waals surface area contributed by atoms with Crippen LogP contribution >= 0.6 is 0 Å². The van der Waals surface area contributed by atoms with Gasteiger partial charge in [-0.2, -0.15) is 4.68 Å². The largest absolute Gasteiger partial charge is 0.354 e. The van der Waals surface area contributed by atoms with Crippen molar-refractivity contribution < 1.29 is 0 Å². The number of rotatable bonds is 2. The number of aromatic nitrogens is 2. The fourth-order valence-corrected chi connectivity index (χ4v) is 2.40. The van der Waals surface area contributed by atoms with Gasteiger partial charge in [0.15, 0.2) is 0 Å². The van der Waals surface area contributed by atoms with Crippen LogP contribution in [-0.2, 0) is 0 Å². The maximum atomic E-state index is 12.0. The third-order valence-electron chi connectivity index (χ3n) is 3.45. The summed E-state index contributed by atoms with van der Waals surface area (Å²) in [6.45, 7) is 3.87. The van der Waals surface area contributed by atoms with E-state index >= 15 is 0 Å². The van der Waals surface area contributed by atoms with E-state index in [2.05, 4.69) is 15.3 Å². The van der Waals surface area contributed by atoms with E-state index in [9.17, 15) is 4.79 Å². The number of hydrogen-bond donors (Lipinski definition) is 1. The molecule has 1 aromatic heterocycles. The normalized spacial score (nSPS) is 15.9. The molecule has 5 nitrogen and oxygen atoms in total. The maximum absolute atomic E-state index is 12.0. The third-order valence-corrected chi connectivity index (χ3v) is 3.45. The summed E-state index contributed by atoms with van der Waals surface area (Å²) in [6.07, 6.45) is 1.09. The highest BCUT2D eigenvalue weighted by atomic mass is 16.1. The van der Waals surface area contributed by atoms with E-state index < -0.39 is 0 Å². The van der Waals surface area contributed by atoms with Crippen molar-refractivity contribution in [1.29, 1.82) is 0 Å². The van der Waals surface area contributed by atoms with Crippen molar-refractivity contribution in [2.45, 2.75) is 6.42 Å². The molecule has 2 aromatic rings. The smallest absolute Gasteiger partial charge is 0.271 e. The number of nitrogens with one attached hydrogen (secondary N) is 1. The van der Waals surface area contributed by atoms with E-state index in [0.29, 0.717) is 0 Å². The molecular weight excluding hydrogens is 252 g/mol. The molecule has 1 saturated heterocycles. The molecule has 1 fully saturated rings. The van der Waals surface area contributed by atoms with Crippen LogP contribution in [0.3, 0.4) is 0 Å². The van der Waals surface area contributed by atoms with Gasteiger partial charge >= 0.3 is 0 Å². The molecule has 0 aliphatic carbocycles. The van der Waals surface area contributed by atoms with Gasteiger partial charge in [-0.3, -0.25) is 4.79 Å². The molecule has 0 radical (unpaired) electrons. The van der Waals surface area contributed by atoms with Crippen molar-refractivity contribution in [2.24, 2.45) is 0 Å². The van der Waals surface area contributed by atoms with Gasteiger partial charge in [-0.05, 0) is 31.2 Å². The summed E-state index contributed by atoms with van der Waals surface area (Å²) in [4.78, 5) is 14.2. The summed E-state index contributed by atoms with van der Waals surface area (Å²) in [7, 11) is 0. The van der Waals surface area contributed by atoms with Crippen LogP contribution in [0.15, 0.2) is 47.3 Å². The van der Waals surface area contributed by atoms with Crippen LogP contribution in [0.4, 0.5) is 5.82 Å². The van der Waals surface area contributed by atoms with Gasteiger partial charge in [0.05, 0.1) is 5.69 Å². The second kappa shape index (κ2) is 5.88. The summed E-state index contributed by atoms with van der Waals surface area (Å²) in [5.74, 6) is 0.858. The van der Waals surface area contributed by atoms with Gasteiger partial charge in [-0.25, -0.2) is 0 Å². The molecule has 0 saturated carbocycles. The lowest BCUT2D eigenvalue weighted by atomic mass is 10.3. The molecule has 1 aromatic carbocycles. The summed E-state index contributed by atoms with van der Waals surface area (Å²) in [5.41, 5.74) is 0.695. The first kappa shape index (κ1) is 12.9. The van der Waals surface area contributed by atoms with E-state index in [-0.39, 0.29) is 5.56 Å². The molecule has 0 amide bonds. The molecule has 1 aliphatic heterocycles. The predicted octanol–water partition coefficient (Wildman–Crippen LogP) is 1.03. The Balaban J connectivity index is 1.96. The number of benzene rings is 1. The lowest BCUT2D eigenvalue weighted by Gasteiger charge is -2.21. The van der Waals surface area contributed by atoms with Gasteiger partial charge in [-0.1, -0.05) is 18.2 Å². The minimum Gasteiger partial charge on any atom is -0.354 e. The SMILES string of the molecule is O=c1ccc(N2CCCNCC2)nn1-c1ccccc1. The summed E-state index contributed by atoms with van der Waals surface area (Å²) in [5, 5.41) is 7.88. The fourth-order valence-electron chi connectivity index (χ4n) is 2.40. The third kappa shape index (κ3) is 2.72. The van der Waals surface area contributed by atoms with Gasteiger partial charge in [-0.15, -0.1) is 5.10 Å². The van der Waals surface area contributed by atoms with Crippen LogP contribution in [0, 0.1) is 0 Å². The van der Waals surface area contributed by atoms with Gasteiger partial charge < -0.3 is 10.2 Å². The van der Waals surface area contributed by atoms with Crippen molar-refractivity contribution in [1.82, 2.24) is 15.1 Å². The zero-order valence-corrected chi connectivity index (χ0v) is 11.3. The van der Waals surface area contributed by atoms with Crippen molar-refractivity contribution in [3.8, 4) is 5.69 Å². The van der Waals surface area contributed by atoms with Crippen LogP contribution in [0.5, 0.6) is 0 Å². The van der Waals surface area contributed by atoms with Gasteiger partial charge in [0.1, 0.15) is 5.82 Å². The Morgan fingerprint density at radius 3 is 2.70 bits per heavy atom. The topological polar surface area (TPSA) is 50.2 Å². The number of para-hydroxylation sites is 1. The highest BCUT2D eigenvalue weighted by Gasteiger charge is 2.12. The Labute approximate surface area is 117 Å². The molecule has 0 bridgehead atoms. The Hall–Kier alpha value is -2.14. The molecule has 3 rings (SSSR count). The first-order chi connectivity index (χ1) is 9.84. The molecule has 104 valence electrons. The fraction of sp³-hybridized carbons (Fsp3) is 0.333. The Bertz CT molecular complexity index is 615. The molecule has 20 heavy (non-hydrogen) atoms. The molecule has 0 spiro atoms. The number of anilines is 1.